The maximum atomic E-state index is 12.1. The Kier molecular flexibility index (Phi) is 4.94. The summed E-state index contributed by atoms with van der Waals surface area (Å²) in [7, 11) is -0.334. The van der Waals surface area contributed by atoms with Gasteiger partial charge in [-0.1, -0.05) is 30.3 Å². The molecule has 132 valence electrons. The van der Waals surface area contributed by atoms with E-state index in [0.29, 0.717) is 11.4 Å². The molecule has 1 atom stereocenters. The van der Waals surface area contributed by atoms with Crippen molar-refractivity contribution in [3.8, 4) is 0 Å². The van der Waals surface area contributed by atoms with Crippen LogP contribution in [0.4, 0.5) is 0 Å². The number of sulfonamides is 1. The van der Waals surface area contributed by atoms with Gasteiger partial charge in [0.25, 0.3) is 0 Å². The minimum absolute atomic E-state index is 0.0734. The Labute approximate surface area is 148 Å². The Hall–Kier alpha value is -2.15. The SMILES string of the molecule is CC(NCc1cc2ccccc2o1)c1ccc(S(=O)(=O)N(C)C)cc1. The van der Waals surface area contributed by atoms with Crippen molar-refractivity contribution in [3.05, 3.63) is 65.9 Å². The number of hydrogen-bond donors (Lipinski definition) is 1. The molecule has 2 aromatic carbocycles. The predicted octanol–water partition coefficient (Wildman–Crippen LogP) is 3.53. The molecule has 1 heterocycles. The number of rotatable bonds is 6. The second-order valence-electron chi connectivity index (χ2n) is 6.21. The third kappa shape index (κ3) is 3.76. The highest BCUT2D eigenvalue weighted by Crippen LogP contribution is 2.21. The molecule has 25 heavy (non-hydrogen) atoms. The molecule has 0 radical (unpaired) electrons. The molecular weight excluding hydrogens is 336 g/mol. The maximum Gasteiger partial charge on any atom is 0.242 e. The highest BCUT2D eigenvalue weighted by Gasteiger charge is 2.17. The van der Waals surface area contributed by atoms with Gasteiger partial charge in [0.2, 0.25) is 10.0 Å². The molecule has 0 amide bonds. The lowest BCUT2D eigenvalue weighted by molar-refractivity contribution is 0.482. The molecule has 0 saturated heterocycles. The molecule has 1 N–H and O–H groups in total. The zero-order chi connectivity index (χ0) is 18.0. The van der Waals surface area contributed by atoms with Crippen molar-refractivity contribution < 1.29 is 12.8 Å². The van der Waals surface area contributed by atoms with Gasteiger partial charge in [-0.25, -0.2) is 12.7 Å². The molecule has 1 unspecified atom stereocenters. The van der Waals surface area contributed by atoms with E-state index in [-0.39, 0.29) is 6.04 Å². The van der Waals surface area contributed by atoms with Crippen molar-refractivity contribution in [3.63, 3.8) is 0 Å². The van der Waals surface area contributed by atoms with E-state index in [4.69, 9.17) is 4.42 Å². The van der Waals surface area contributed by atoms with Gasteiger partial charge in [-0.05, 0) is 36.8 Å². The van der Waals surface area contributed by atoms with Gasteiger partial charge in [0.1, 0.15) is 11.3 Å². The van der Waals surface area contributed by atoms with Gasteiger partial charge in [0, 0.05) is 25.5 Å². The van der Waals surface area contributed by atoms with E-state index in [1.165, 1.54) is 18.4 Å². The molecule has 0 spiro atoms. The lowest BCUT2D eigenvalue weighted by Gasteiger charge is -2.15. The van der Waals surface area contributed by atoms with Crippen molar-refractivity contribution in [2.45, 2.75) is 24.4 Å². The van der Waals surface area contributed by atoms with Gasteiger partial charge >= 0.3 is 0 Å². The summed E-state index contributed by atoms with van der Waals surface area (Å²) < 4.78 is 31.2. The second-order valence-corrected chi connectivity index (χ2v) is 8.36. The van der Waals surface area contributed by atoms with Crippen LogP contribution in [0.5, 0.6) is 0 Å². The fraction of sp³-hybridized carbons (Fsp3) is 0.263. The predicted molar refractivity (Wildman–Crippen MR) is 98.8 cm³/mol. The van der Waals surface area contributed by atoms with Gasteiger partial charge in [0.05, 0.1) is 11.4 Å². The monoisotopic (exact) mass is 358 g/mol. The summed E-state index contributed by atoms with van der Waals surface area (Å²) in [6.07, 6.45) is 0. The molecule has 0 saturated carbocycles. The van der Waals surface area contributed by atoms with Gasteiger partial charge in [-0.3, -0.25) is 0 Å². The number of nitrogens with one attached hydrogen (secondary N) is 1. The lowest BCUT2D eigenvalue weighted by Crippen LogP contribution is -2.22. The first kappa shape index (κ1) is 17.7. The summed E-state index contributed by atoms with van der Waals surface area (Å²) in [6, 6.07) is 17.0. The van der Waals surface area contributed by atoms with E-state index in [1.807, 2.05) is 49.4 Å². The Bertz CT molecular complexity index is 927. The summed E-state index contributed by atoms with van der Waals surface area (Å²) in [5.41, 5.74) is 1.90. The average Bonchev–Trinajstić information content (AvgIpc) is 3.02. The van der Waals surface area contributed by atoms with E-state index in [1.54, 1.807) is 12.1 Å². The zero-order valence-electron chi connectivity index (χ0n) is 14.6. The van der Waals surface area contributed by atoms with Crippen LogP contribution in [0.3, 0.4) is 0 Å². The molecule has 5 nitrogen and oxygen atoms in total. The van der Waals surface area contributed by atoms with Crippen LogP contribution in [-0.2, 0) is 16.6 Å². The Morgan fingerprint density at radius 3 is 2.40 bits per heavy atom. The lowest BCUT2D eigenvalue weighted by atomic mass is 10.1. The van der Waals surface area contributed by atoms with Gasteiger partial charge in [0.15, 0.2) is 0 Å². The largest absolute Gasteiger partial charge is 0.460 e. The summed E-state index contributed by atoms with van der Waals surface area (Å²) in [5.74, 6) is 0.875. The summed E-state index contributed by atoms with van der Waals surface area (Å²) in [5, 5.41) is 4.49. The number of hydrogen-bond acceptors (Lipinski definition) is 4. The molecular formula is C19H22N2O3S. The van der Waals surface area contributed by atoms with Crippen molar-refractivity contribution in [1.82, 2.24) is 9.62 Å². The highest BCUT2D eigenvalue weighted by atomic mass is 32.2. The van der Waals surface area contributed by atoms with Crippen LogP contribution in [0.25, 0.3) is 11.0 Å². The normalized spacial score (nSPS) is 13.4. The van der Waals surface area contributed by atoms with Crippen LogP contribution < -0.4 is 5.32 Å². The van der Waals surface area contributed by atoms with E-state index < -0.39 is 10.0 Å². The van der Waals surface area contributed by atoms with Crippen molar-refractivity contribution in [2.24, 2.45) is 0 Å². The molecule has 0 fully saturated rings. The molecule has 6 heteroatoms. The summed E-state index contributed by atoms with van der Waals surface area (Å²) in [6.45, 7) is 2.64. The number of fused-ring (bicyclic) bond motifs is 1. The standard InChI is InChI=1S/C19H22N2O3S/c1-14(15-8-10-18(11-9-15)25(22,23)21(2)3)20-13-17-12-16-6-4-5-7-19(16)24-17/h4-12,14,20H,13H2,1-3H3. The van der Waals surface area contributed by atoms with Crippen molar-refractivity contribution >= 4 is 21.0 Å². The molecule has 0 aliphatic heterocycles. The Morgan fingerprint density at radius 2 is 1.76 bits per heavy atom. The van der Waals surface area contributed by atoms with Crippen LogP contribution in [0.15, 0.2) is 63.9 Å². The van der Waals surface area contributed by atoms with Gasteiger partial charge < -0.3 is 9.73 Å². The Morgan fingerprint density at radius 1 is 1.08 bits per heavy atom. The van der Waals surface area contributed by atoms with Crippen LogP contribution in [0.1, 0.15) is 24.3 Å². The minimum atomic E-state index is -3.39. The van der Waals surface area contributed by atoms with Crippen molar-refractivity contribution in [1.29, 1.82) is 0 Å². The number of nitrogens with zero attached hydrogens (tertiary/aromatic N) is 1. The Balaban J connectivity index is 1.68. The first-order valence-corrected chi connectivity index (χ1v) is 9.55. The zero-order valence-corrected chi connectivity index (χ0v) is 15.4. The average molecular weight is 358 g/mol. The van der Waals surface area contributed by atoms with Crippen LogP contribution >= 0.6 is 0 Å². The third-order valence-electron chi connectivity index (χ3n) is 4.22. The van der Waals surface area contributed by atoms with Gasteiger partial charge in [-0.15, -0.1) is 0 Å². The molecule has 1 aromatic heterocycles. The highest BCUT2D eigenvalue weighted by molar-refractivity contribution is 7.89. The molecule has 3 aromatic rings. The summed E-state index contributed by atoms with van der Waals surface area (Å²) in [4.78, 5) is 0.297. The topological polar surface area (TPSA) is 62.6 Å². The molecule has 0 aliphatic rings. The first-order chi connectivity index (χ1) is 11.9. The maximum absolute atomic E-state index is 12.1. The summed E-state index contributed by atoms with van der Waals surface area (Å²) >= 11 is 0. The van der Waals surface area contributed by atoms with Gasteiger partial charge in [-0.2, -0.15) is 0 Å². The van der Waals surface area contributed by atoms with E-state index in [2.05, 4.69) is 5.32 Å². The second kappa shape index (κ2) is 7.00. The molecule has 0 bridgehead atoms. The number of para-hydroxylation sites is 1. The first-order valence-electron chi connectivity index (χ1n) is 8.11. The third-order valence-corrected chi connectivity index (χ3v) is 6.05. The molecule has 3 rings (SSSR count). The van der Waals surface area contributed by atoms with E-state index in [9.17, 15) is 8.42 Å². The smallest absolute Gasteiger partial charge is 0.242 e. The van der Waals surface area contributed by atoms with Crippen molar-refractivity contribution in [2.75, 3.05) is 14.1 Å². The van der Waals surface area contributed by atoms with Crippen LogP contribution in [0, 0.1) is 0 Å². The fourth-order valence-corrected chi connectivity index (χ4v) is 3.54. The fourth-order valence-electron chi connectivity index (χ4n) is 2.63. The van der Waals surface area contributed by atoms with Crippen LogP contribution in [0.2, 0.25) is 0 Å². The quantitative estimate of drug-likeness (QED) is 0.732. The molecule has 0 aliphatic carbocycles. The number of furan rings is 1. The number of benzene rings is 2. The van der Waals surface area contributed by atoms with E-state index in [0.717, 1.165) is 22.3 Å². The van der Waals surface area contributed by atoms with Crippen LogP contribution in [-0.4, -0.2) is 26.8 Å². The minimum Gasteiger partial charge on any atom is -0.460 e. The van der Waals surface area contributed by atoms with E-state index >= 15 is 0 Å².